The maximum absolute atomic E-state index is 12.0. The van der Waals surface area contributed by atoms with Crippen LogP contribution in [-0.2, 0) is 0 Å². The minimum absolute atomic E-state index is 0.115. The molecule has 2 aromatic rings. The quantitative estimate of drug-likeness (QED) is 0.780. The van der Waals surface area contributed by atoms with Gasteiger partial charge >= 0.3 is 0 Å². The van der Waals surface area contributed by atoms with E-state index in [1.165, 1.54) is 19.2 Å². The molecule has 0 aliphatic heterocycles. The van der Waals surface area contributed by atoms with Gasteiger partial charge in [-0.05, 0) is 19.1 Å². The number of aromatic nitrogens is 2. The molecular weight excluding hydrogens is 246 g/mol. The largest absolute Gasteiger partial charge is 0.507 e. The fourth-order valence-electron chi connectivity index (χ4n) is 1.69. The number of nitrogens with one attached hydrogen (secondary N) is 2. The number of hydrogen-bond donors (Lipinski definition) is 3. The topological polar surface area (TPSA) is 87.2 Å². The zero-order valence-electron chi connectivity index (χ0n) is 10.7. The molecule has 0 bridgehead atoms. The van der Waals surface area contributed by atoms with Gasteiger partial charge in [-0.25, -0.2) is 0 Å². The van der Waals surface area contributed by atoms with Gasteiger partial charge in [-0.3, -0.25) is 9.89 Å². The lowest BCUT2D eigenvalue weighted by Gasteiger charge is -2.13. The van der Waals surface area contributed by atoms with Crippen LogP contribution in [0.4, 0.5) is 0 Å². The summed E-state index contributed by atoms with van der Waals surface area (Å²) < 4.78 is 4.97. The molecule has 1 aromatic carbocycles. The van der Waals surface area contributed by atoms with Crippen molar-refractivity contribution < 1.29 is 14.6 Å². The van der Waals surface area contributed by atoms with Gasteiger partial charge in [0.25, 0.3) is 5.91 Å². The Morgan fingerprint density at radius 1 is 1.53 bits per heavy atom. The van der Waals surface area contributed by atoms with Crippen LogP contribution in [-0.4, -0.2) is 28.3 Å². The van der Waals surface area contributed by atoms with Crippen LogP contribution in [0.25, 0.3) is 0 Å². The number of H-pyrrole nitrogens is 1. The monoisotopic (exact) mass is 261 g/mol. The Morgan fingerprint density at radius 3 is 2.89 bits per heavy atom. The molecule has 1 heterocycles. The second-order valence-electron chi connectivity index (χ2n) is 4.11. The van der Waals surface area contributed by atoms with E-state index in [1.807, 2.05) is 6.92 Å². The molecule has 1 amide bonds. The molecule has 0 saturated heterocycles. The third kappa shape index (κ3) is 2.85. The maximum Gasteiger partial charge on any atom is 0.255 e. The summed E-state index contributed by atoms with van der Waals surface area (Å²) in [5.41, 5.74) is 1.07. The van der Waals surface area contributed by atoms with E-state index in [9.17, 15) is 9.90 Å². The number of phenols is 1. The lowest BCUT2D eigenvalue weighted by Crippen LogP contribution is -2.26. The van der Waals surface area contributed by atoms with Gasteiger partial charge in [0.05, 0.1) is 24.9 Å². The number of methoxy groups -OCH3 is 1. The van der Waals surface area contributed by atoms with Crippen molar-refractivity contribution in [3.8, 4) is 11.5 Å². The molecule has 2 rings (SSSR count). The van der Waals surface area contributed by atoms with E-state index in [0.717, 1.165) is 5.56 Å². The van der Waals surface area contributed by atoms with Crippen molar-refractivity contribution in [3.63, 3.8) is 0 Å². The van der Waals surface area contributed by atoms with Crippen LogP contribution >= 0.6 is 0 Å². The average Bonchev–Trinajstić information content (AvgIpc) is 2.92. The van der Waals surface area contributed by atoms with E-state index in [4.69, 9.17) is 4.74 Å². The number of amides is 1. The number of phenolic OH excluding ortho intramolecular Hbond substituents is 1. The number of benzene rings is 1. The fraction of sp³-hybridized carbons (Fsp3) is 0.231. The van der Waals surface area contributed by atoms with Crippen molar-refractivity contribution in [1.29, 1.82) is 0 Å². The van der Waals surface area contributed by atoms with Gasteiger partial charge in [0.1, 0.15) is 11.5 Å². The van der Waals surface area contributed by atoms with Crippen molar-refractivity contribution in [2.24, 2.45) is 0 Å². The van der Waals surface area contributed by atoms with Crippen LogP contribution in [0, 0.1) is 0 Å². The predicted octanol–water partition coefficient (Wildman–Crippen LogP) is 1.61. The molecule has 0 radical (unpaired) electrons. The molecule has 100 valence electrons. The highest BCUT2D eigenvalue weighted by atomic mass is 16.5. The smallest absolute Gasteiger partial charge is 0.255 e. The van der Waals surface area contributed by atoms with Crippen LogP contribution in [0.3, 0.4) is 0 Å². The Balaban J connectivity index is 2.12. The first-order chi connectivity index (χ1) is 9.11. The SMILES string of the molecule is COc1ccc(C(=O)NC(C)c2cn[nH]c2)c(O)c1. The number of ether oxygens (including phenoxy) is 1. The van der Waals surface area contributed by atoms with Gasteiger partial charge in [-0.1, -0.05) is 0 Å². The first-order valence-corrected chi connectivity index (χ1v) is 5.78. The van der Waals surface area contributed by atoms with Crippen LogP contribution < -0.4 is 10.1 Å². The van der Waals surface area contributed by atoms with Gasteiger partial charge < -0.3 is 15.2 Å². The number of hydrogen-bond acceptors (Lipinski definition) is 4. The highest BCUT2D eigenvalue weighted by Gasteiger charge is 2.15. The molecule has 0 spiro atoms. The second kappa shape index (κ2) is 5.43. The third-order valence-corrected chi connectivity index (χ3v) is 2.82. The second-order valence-corrected chi connectivity index (χ2v) is 4.11. The maximum atomic E-state index is 12.0. The van der Waals surface area contributed by atoms with Crippen molar-refractivity contribution in [2.45, 2.75) is 13.0 Å². The Kier molecular flexibility index (Phi) is 3.70. The molecule has 1 aromatic heterocycles. The molecule has 3 N–H and O–H groups in total. The minimum Gasteiger partial charge on any atom is -0.507 e. The summed E-state index contributed by atoms with van der Waals surface area (Å²) in [6, 6.07) is 4.34. The van der Waals surface area contributed by atoms with Gasteiger partial charge in [0.15, 0.2) is 0 Å². The summed E-state index contributed by atoms with van der Waals surface area (Å²) >= 11 is 0. The molecule has 0 aliphatic carbocycles. The van der Waals surface area contributed by atoms with Crippen LogP contribution in [0.1, 0.15) is 28.9 Å². The minimum atomic E-state index is -0.353. The number of nitrogens with zero attached hydrogens (tertiary/aromatic N) is 1. The first kappa shape index (κ1) is 12.9. The zero-order valence-corrected chi connectivity index (χ0v) is 10.7. The highest BCUT2D eigenvalue weighted by molar-refractivity contribution is 5.97. The summed E-state index contributed by atoms with van der Waals surface area (Å²) in [7, 11) is 1.50. The Morgan fingerprint density at radius 2 is 2.32 bits per heavy atom. The summed E-state index contributed by atoms with van der Waals surface area (Å²) in [6.45, 7) is 1.84. The van der Waals surface area contributed by atoms with Gasteiger partial charge in [-0.15, -0.1) is 0 Å². The summed E-state index contributed by atoms with van der Waals surface area (Å²) in [6.07, 6.45) is 3.34. The van der Waals surface area contributed by atoms with Crippen molar-refractivity contribution in [2.75, 3.05) is 7.11 Å². The standard InChI is InChI=1S/C13H15N3O3/c1-8(9-6-14-15-7-9)16-13(18)11-4-3-10(19-2)5-12(11)17/h3-8,17H,1-2H3,(H,14,15)(H,16,18). The lowest BCUT2D eigenvalue weighted by molar-refractivity contribution is 0.0937. The molecule has 1 atom stereocenters. The molecule has 0 fully saturated rings. The number of aromatic hydroxyl groups is 1. The summed E-state index contributed by atoms with van der Waals surface area (Å²) in [5.74, 6) is 0.0297. The highest BCUT2D eigenvalue weighted by Crippen LogP contribution is 2.24. The van der Waals surface area contributed by atoms with E-state index in [2.05, 4.69) is 15.5 Å². The predicted molar refractivity (Wildman–Crippen MR) is 69.1 cm³/mol. The van der Waals surface area contributed by atoms with Gasteiger partial charge in [0, 0.05) is 17.8 Å². The molecule has 0 saturated carbocycles. The van der Waals surface area contributed by atoms with Crippen molar-refractivity contribution in [1.82, 2.24) is 15.5 Å². The Bertz CT molecular complexity index is 567. The molecule has 0 aliphatic rings. The number of carbonyl (C=O) groups excluding carboxylic acids is 1. The first-order valence-electron chi connectivity index (χ1n) is 5.78. The number of carbonyl (C=O) groups is 1. The number of aromatic amines is 1. The average molecular weight is 261 g/mol. The van der Waals surface area contributed by atoms with E-state index in [0.29, 0.717) is 5.75 Å². The van der Waals surface area contributed by atoms with Crippen molar-refractivity contribution >= 4 is 5.91 Å². The van der Waals surface area contributed by atoms with Gasteiger partial charge in [0.2, 0.25) is 0 Å². The van der Waals surface area contributed by atoms with E-state index in [1.54, 1.807) is 18.5 Å². The number of rotatable bonds is 4. The normalized spacial score (nSPS) is 11.9. The van der Waals surface area contributed by atoms with Gasteiger partial charge in [-0.2, -0.15) is 5.10 Å². The molecule has 19 heavy (non-hydrogen) atoms. The fourth-order valence-corrected chi connectivity index (χ4v) is 1.69. The Labute approximate surface area is 110 Å². The zero-order chi connectivity index (χ0) is 13.8. The third-order valence-electron chi connectivity index (χ3n) is 2.82. The Hall–Kier alpha value is -2.50. The van der Waals surface area contributed by atoms with E-state index < -0.39 is 0 Å². The van der Waals surface area contributed by atoms with E-state index in [-0.39, 0.29) is 23.3 Å². The molecule has 6 nitrogen and oxygen atoms in total. The summed E-state index contributed by atoms with van der Waals surface area (Å²) in [4.78, 5) is 12.0. The molecular formula is C13H15N3O3. The molecule has 6 heteroatoms. The van der Waals surface area contributed by atoms with Crippen LogP contribution in [0.5, 0.6) is 11.5 Å². The van der Waals surface area contributed by atoms with Crippen LogP contribution in [0.2, 0.25) is 0 Å². The van der Waals surface area contributed by atoms with Crippen LogP contribution in [0.15, 0.2) is 30.6 Å². The lowest BCUT2D eigenvalue weighted by atomic mass is 10.1. The summed E-state index contributed by atoms with van der Waals surface area (Å²) in [5, 5.41) is 19.1. The molecule has 1 unspecified atom stereocenters. The van der Waals surface area contributed by atoms with E-state index >= 15 is 0 Å². The van der Waals surface area contributed by atoms with Crippen molar-refractivity contribution in [3.05, 3.63) is 41.7 Å².